The van der Waals surface area contributed by atoms with Crippen LogP contribution in [0.4, 0.5) is 0 Å². The van der Waals surface area contributed by atoms with Crippen LogP contribution in [0.3, 0.4) is 0 Å². The second-order valence-electron chi connectivity index (χ2n) is 9.02. The maximum atomic E-state index is 13.6. The van der Waals surface area contributed by atoms with Gasteiger partial charge in [0.25, 0.3) is 0 Å². The lowest BCUT2D eigenvalue weighted by Gasteiger charge is -2.42. The Bertz CT molecular complexity index is 1070. The molecule has 3 aromatic carbocycles. The molecular formula is C30H34N2O. The van der Waals surface area contributed by atoms with Crippen molar-refractivity contribution in [2.45, 2.75) is 44.6 Å². The predicted octanol–water partition coefficient (Wildman–Crippen LogP) is 5.66. The third kappa shape index (κ3) is 5.36. The Kier molecular flexibility index (Phi) is 7.29. The van der Waals surface area contributed by atoms with Gasteiger partial charge < -0.3 is 10.2 Å². The average Bonchev–Trinajstić information content (AvgIpc) is 2.88. The minimum atomic E-state index is -0.505. The van der Waals surface area contributed by atoms with Crippen molar-refractivity contribution in [3.05, 3.63) is 119 Å². The first-order valence-electron chi connectivity index (χ1n) is 12.0. The van der Waals surface area contributed by atoms with Gasteiger partial charge in [0, 0.05) is 31.8 Å². The zero-order chi connectivity index (χ0) is 23.1. The Balaban J connectivity index is 1.46. The molecule has 3 nitrogen and oxygen atoms in total. The third-order valence-electron chi connectivity index (χ3n) is 6.93. The van der Waals surface area contributed by atoms with Crippen LogP contribution in [0.1, 0.15) is 42.0 Å². The summed E-state index contributed by atoms with van der Waals surface area (Å²) in [5, 5.41) is 3.22. The molecule has 0 radical (unpaired) electrons. The molecule has 0 aromatic heterocycles. The van der Waals surface area contributed by atoms with E-state index in [1.807, 2.05) is 36.4 Å². The van der Waals surface area contributed by atoms with Gasteiger partial charge in [0.15, 0.2) is 0 Å². The lowest BCUT2D eigenvalue weighted by molar-refractivity contribution is -0.128. The number of benzene rings is 3. The number of nitrogens with one attached hydrogen (secondary N) is 1. The van der Waals surface area contributed by atoms with E-state index in [4.69, 9.17) is 0 Å². The lowest BCUT2D eigenvalue weighted by Crippen LogP contribution is -2.51. The number of rotatable bonds is 8. The molecule has 1 amide bonds. The van der Waals surface area contributed by atoms with E-state index in [1.165, 1.54) is 11.1 Å². The minimum Gasteiger partial charge on any atom is -0.375 e. The van der Waals surface area contributed by atoms with Gasteiger partial charge in [-0.15, -0.1) is 0 Å². The first kappa shape index (κ1) is 22.8. The largest absolute Gasteiger partial charge is 0.375 e. The number of piperidine rings is 1. The monoisotopic (exact) mass is 438 g/mol. The smallest absolute Gasteiger partial charge is 0.231 e. The summed E-state index contributed by atoms with van der Waals surface area (Å²) in [5.41, 5.74) is 5.52. The second kappa shape index (κ2) is 10.5. The number of hydrogen-bond acceptors (Lipinski definition) is 2. The van der Waals surface area contributed by atoms with Gasteiger partial charge in [-0.25, -0.2) is 0 Å². The standard InChI is InChI=1S/C30H34N2O/c1-3-25-13-10-14-27(22-25)21-24(2)32-19-17-30(18-20-32,28-15-8-5-9-16-28)29(33)31-23-26-11-6-4-7-12-26/h4-16,22H,2-3,17-21,23H2,1H3,(H,31,33). The molecule has 33 heavy (non-hydrogen) atoms. The van der Waals surface area contributed by atoms with E-state index >= 15 is 0 Å². The zero-order valence-corrected chi connectivity index (χ0v) is 19.6. The number of allylic oxidation sites excluding steroid dienone is 1. The number of aryl methyl sites for hydroxylation is 1. The van der Waals surface area contributed by atoms with Crippen molar-refractivity contribution in [2.75, 3.05) is 13.1 Å². The van der Waals surface area contributed by atoms with Gasteiger partial charge in [0.1, 0.15) is 0 Å². The van der Waals surface area contributed by atoms with E-state index in [1.54, 1.807) is 0 Å². The van der Waals surface area contributed by atoms with E-state index in [2.05, 4.69) is 72.3 Å². The first-order chi connectivity index (χ1) is 16.1. The Labute approximate surface area is 198 Å². The zero-order valence-electron chi connectivity index (χ0n) is 19.6. The third-order valence-corrected chi connectivity index (χ3v) is 6.93. The summed E-state index contributed by atoms with van der Waals surface area (Å²) in [6.07, 6.45) is 3.46. The molecule has 3 aromatic rings. The van der Waals surface area contributed by atoms with Crippen molar-refractivity contribution in [1.29, 1.82) is 0 Å². The number of likely N-dealkylation sites (tertiary alicyclic amines) is 1. The molecule has 0 aliphatic carbocycles. The highest BCUT2D eigenvalue weighted by Crippen LogP contribution is 2.37. The molecular weight excluding hydrogens is 404 g/mol. The highest BCUT2D eigenvalue weighted by atomic mass is 16.2. The van der Waals surface area contributed by atoms with Crippen LogP contribution >= 0.6 is 0 Å². The molecule has 3 heteroatoms. The quantitative estimate of drug-likeness (QED) is 0.492. The van der Waals surface area contributed by atoms with Crippen molar-refractivity contribution < 1.29 is 4.79 Å². The summed E-state index contributed by atoms with van der Waals surface area (Å²) < 4.78 is 0. The van der Waals surface area contributed by atoms with Gasteiger partial charge in [-0.05, 0) is 41.5 Å². The molecule has 1 fully saturated rings. The maximum Gasteiger partial charge on any atom is 0.231 e. The van der Waals surface area contributed by atoms with Crippen molar-refractivity contribution in [3.63, 3.8) is 0 Å². The van der Waals surface area contributed by atoms with Crippen LogP contribution in [-0.4, -0.2) is 23.9 Å². The van der Waals surface area contributed by atoms with Crippen LogP contribution in [0.5, 0.6) is 0 Å². The van der Waals surface area contributed by atoms with Gasteiger partial charge in [-0.3, -0.25) is 4.79 Å². The number of amides is 1. The molecule has 1 aliphatic rings. The SMILES string of the molecule is C=C(Cc1cccc(CC)c1)N1CCC(C(=O)NCc2ccccc2)(c2ccccc2)CC1. The van der Waals surface area contributed by atoms with Crippen LogP contribution in [-0.2, 0) is 29.6 Å². The summed E-state index contributed by atoms with van der Waals surface area (Å²) in [6.45, 7) is 8.80. The fraction of sp³-hybridized carbons (Fsp3) is 0.300. The molecule has 1 heterocycles. The molecule has 170 valence electrons. The topological polar surface area (TPSA) is 32.3 Å². The summed E-state index contributed by atoms with van der Waals surface area (Å²) >= 11 is 0. The number of hydrogen-bond donors (Lipinski definition) is 1. The highest BCUT2D eigenvalue weighted by Gasteiger charge is 2.42. The maximum absolute atomic E-state index is 13.6. The first-order valence-corrected chi connectivity index (χ1v) is 12.0. The van der Waals surface area contributed by atoms with Gasteiger partial charge in [0.2, 0.25) is 5.91 Å². The number of carbonyl (C=O) groups excluding carboxylic acids is 1. The summed E-state index contributed by atoms with van der Waals surface area (Å²) in [4.78, 5) is 15.9. The van der Waals surface area contributed by atoms with Gasteiger partial charge >= 0.3 is 0 Å². The Morgan fingerprint density at radius 3 is 2.15 bits per heavy atom. The number of nitrogens with zero attached hydrogens (tertiary/aromatic N) is 1. The molecule has 0 bridgehead atoms. The summed E-state index contributed by atoms with van der Waals surface area (Å²) in [5.74, 6) is 0.124. The molecule has 0 atom stereocenters. The van der Waals surface area contributed by atoms with E-state index in [0.717, 1.165) is 55.6 Å². The fourth-order valence-corrected chi connectivity index (χ4v) is 4.86. The van der Waals surface area contributed by atoms with Crippen molar-refractivity contribution in [2.24, 2.45) is 0 Å². The van der Waals surface area contributed by atoms with Crippen molar-refractivity contribution in [3.8, 4) is 0 Å². The van der Waals surface area contributed by atoms with Crippen LogP contribution in [0, 0.1) is 0 Å². The minimum absolute atomic E-state index is 0.124. The van der Waals surface area contributed by atoms with E-state index in [9.17, 15) is 4.79 Å². The van der Waals surface area contributed by atoms with Crippen molar-refractivity contribution >= 4 is 5.91 Å². The van der Waals surface area contributed by atoms with Crippen LogP contribution in [0.2, 0.25) is 0 Å². The second-order valence-corrected chi connectivity index (χ2v) is 9.02. The Morgan fingerprint density at radius 2 is 1.48 bits per heavy atom. The Hall–Kier alpha value is -3.33. The predicted molar refractivity (Wildman–Crippen MR) is 136 cm³/mol. The molecule has 1 N–H and O–H groups in total. The van der Waals surface area contributed by atoms with Gasteiger partial charge in [-0.2, -0.15) is 0 Å². The lowest BCUT2D eigenvalue weighted by atomic mass is 9.71. The molecule has 4 rings (SSSR count). The molecule has 0 spiro atoms. The normalized spacial score (nSPS) is 15.1. The van der Waals surface area contributed by atoms with E-state index < -0.39 is 5.41 Å². The van der Waals surface area contributed by atoms with E-state index in [-0.39, 0.29) is 5.91 Å². The van der Waals surface area contributed by atoms with Crippen molar-refractivity contribution in [1.82, 2.24) is 10.2 Å². The molecule has 0 unspecified atom stereocenters. The summed E-state index contributed by atoms with van der Waals surface area (Å²) in [6, 6.07) is 29.2. The van der Waals surface area contributed by atoms with Crippen LogP contribution in [0.25, 0.3) is 0 Å². The summed E-state index contributed by atoms with van der Waals surface area (Å²) in [7, 11) is 0. The molecule has 0 saturated carbocycles. The highest BCUT2D eigenvalue weighted by molar-refractivity contribution is 5.88. The fourth-order valence-electron chi connectivity index (χ4n) is 4.86. The molecule has 1 saturated heterocycles. The van der Waals surface area contributed by atoms with Crippen LogP contribution in [0.15, 0.2) is 97.2 Å². The number of carbonyl (C=O) groups is 1. The van der Waals surface area contributed by atoms with E-state index in [0.29, 0.717) is 6.54 Å². The van der Waals surface area contributed by atoms with Gasteiger partial charge in [-0.1, -0.05) is 98.4 Å². The average molecular weight is 439 g/mol. The van der Waals surface area contributed by atoms with Gasteiger partial charge in [0.05, 0.1) is 5.41 Å². The Morgan fingerprint density at radius 1 is 0.879 bits per heavy atom. The van der Waals surface area contributed by atoms with Crippen LogP contribution < -0.4 is 5.32 Å². The molecule has 1 aliphatic heterocycles.